The smallest absolute Gasteiger partial charge is 0.309 e. The summed E-state index contributed by atoms with van der Waals surface area (Å²) >= 11 is 0. The number of carboxylic acids is 1. The summed E-state index contributed by atoms with van der Waals surface area (Å²) in [6.45, 7) is 6.89. The summed E-state index contributed by atoms with van der Waals surface area (Å²) in [7, 11) is 0. The van der Waals surface area contributed by atoms with Crippen molar-refractivity contribution < 1.29 is 19.4 Å². The molecule has 0 saturated heterocycles. The van der Waals surface area contributed by atoms with Gasteiger partial charge in [-0.05, 0) is 44.7 Å². The third kappa shape index (κ3) is 4.66. The molecule has 1 aromatic carbocycles. The highest BCUT2D eigenvalue weighted by atomic mass is 16.5. The number of ether oxygens (including phenoxy) is 2. The summed E-state index contributed by atoms with van der Waals surface area (Å²) < 4.78 is 11.2. The van der Waals surface area contributed by atoms with Crippen LogP contribution < -0.4 is 9.47 Å². The minimum atomic E-state index is -0.706. The lowest BCUT2D eigenvalue weighted by atomic mass is 9.78. The van der Waals surface area contributed by atoms with E-state index >= 15 is 0 Å². The van der Waals surface area contributed by atoms with Crippen LogP contribution in [0.4, 0.5) is 0 Å². The van der Waals surface area contributed by atoms with Crippen molar-refractivity contribution >= 4 is 5.97 Å². The molecule has 118 valence electrons. The number of para-hydroxylation sites is 2. The Morgan fingerprint density at radius 1 is 1.10 bits per heavy atom. The van der Waals surface area contributed by atoms with Crippen LogP contribution in [0.3, 0.4) is 0 Å². The lowest BCUT2D eigenvalue weighted by Gasteiger charge is -2.26. The van der Waals surface area contributed by atoms with Crippen molar-refractivity contribution in [3.63, 3.8) is 0 Å². The minimum Gasteiger partial charge on any atom is -0.490 e. The third-order valence-corrected chi connectivity index (χ3v) is 4.01. The first-order valence-electron chi connectivity index (χ1n) is 7.67. The van der Waals surface area contributed by atoms with E-state index in [0.717, 1.165) is 5.75 Å². The molecule has 0 amide bonds. The van der Waals surface area contributed by atoms with Crippen molar-refractivity contribution in [3.8, 4) is 11.5 Å². The molecule has 0 aliphatic carbocycles. The molecule has 1 aromatic rings. The normalized spacial score (nSPS) is 11.2. The first-order valence-corrected chi connectivity index (χ1v) is 7.67. The second kappa shape index (κ2) is 8.55. The van der Waals surface area contributed by atoms with Gasteiger partial charge < -0.3 is 14.6 Å². The maximum absolute atomic E-state index is 11.4. The maximum Gasteiger partial charge on any atom is 0.309 e. The summed E-state index contributed by atoms with van der Waals surface area (Å²) in [6, 6.07) is 7.55. The molecule has 1 rings (SSSR count). The Balaban J connectivity index is 2.52. The Hall–Kier alpha value is -1.71. The van der Waals surface area contributed by atoms with Crippen molar-refractivity contribution in [2.75, 3.05) is 13.2 Å². The predicted molar refractivity (Wildman–Crippen MR) is 83.0 cm³/mol. The van der Waals surface area contributed by atoms with Crippen LogP contribution in [0.25, 0.3) is 0 Å². The molecule has 4 heteroatoms. The molecule has 0 aromatic heterocycles. The zero-order valence-electron chi connectivity index (χ0n) is 13.2. The van der Waals surface area contributed by atoms with Gasteiger partial charge in [-0.2, -0.15) is 0 Å². The van der Waals surface area contributed by atoms with E-state index < -0.39 is 11.4 Å². The van der Waals surface area contributed by atoms with Gasteiger partial charge in [0.05, 0.1) is 18.6 Å². The van der Waals surface area contributed by atoms with Crippen LogP contribution in [0.15, 0.2) is 24.3 Å². The molecule has 0 saturated carbocycles. The van der Waals surface area contributed by atoms with E-state index in [-0.39, 0.29) is 0 Å². The van der Waals surface area contributed by atoms with Crippen molar-refractivity contribution in [2.45, 2.75) is 46.5 Å². The van der Waals surface area contributed by atoms with E-state index in [4.69, 9.17) is 9.47 Å². The lowest BCUT2D eigenvalue weighted by Crippen LogP contribution is -2.30. The third-order valence-electron chi connectivity index (χ3n) is 4.01. The van der Waals surface area contributed by atoms with E-state index in [1.807, 2.05) is 45.0 Å². The van der Waals surface area contributed by atoms with Gasteiger partial charge in [0.2, 0.25) is 0 Å². The van der Waals surface area contributed by atoms with Crippen molar-refractivity contribution in [1.29, 1.82) is 0 Å². The molecule has 0 bridgehead atoms. The van der Waals surface area contributed by atoms with E-state index in [2.05, 4.69) is 0 Å². The van der Waals surface area contributed by atoms with Gasteiger partial charge in [-0.25, -0.2) is 0 Å². The van der Waals surface area contributed by atoms with E-state index in [0.29, 0.717) is 44.6 Å². The molecular formula is C17H26O4. The van der Waals surface area contributed by atoms with Gasteiger partial charge in [0.25, 0.3) is 0 Å². The number of aliphatic carboxylic acids is 1. The molecule has 0 aliphatic heterocycles. The molecule has 0 heterocycles. The standard InChI is InChI=1S/C17H26O4/c1-4-17(5-2,16(18)19)12-9-13-21-15-11-8-7-10-14(15)20-6-3/h7-8,10-11H,4-6,9,12-13H2,1-3H3,(H,18,19). The fourth-order valence-corrected chi connectivity index (χ4v) is 2.45. The maximum atomic E-state index is 11.4. The van der Waals surface area contributed by atoms with Gasteiger partial charge in [-0.15, -0.1) is 0 Å². The minimum absolute atomic E-state index is 0.499. The zero-order valence-corrected chi connectivity index (χ0v) is 13.2. The first-order chi connectivity index (χ1) is 10.1. The van der Waals surface area contributed by atoms with Crippen molar-refractivity contribution in [2.24, 2.45) is 5.41 Å². The quantitative estimate of drug-likeness (QED) is 0.659. The number of hydrogen-bond donors (Lipinski definition) is 1. The fraction of sp³-hybridized carbons (Fsp3) is 0.588. The molecule has 0 fully saturated rings. The molecule has 0 radical (unpaired) electrons. The SMILES string of the molecule is CCOc1ccccc1OCCCC(CC)(CC)C(=O)O. The van der Waals surface area contributed by atoms with Crippen LogP contribution in [-0.4, -0.2) is 24.3 Å². The van der Waals surface area contributed by atoms with E-state index in [1.165, 1.54) is 0 Å². The molecule has 0 aliphatic rings. The second-order valence-corrected chi connectivity index (χ2v) is 5.12. The highest BCUT2D eigenvalue weighted by Gasteiger charge is 2.33. The van der Waals surface area contributed by atoms with E-state index in [1.54, 1.807) is 0 Å². The molecular weight excluding hydrogens is 268 g/mol. The Kier molecular flexibility index (Phi) is 7.06. The van der Waals surface area contributed by atoms with Gasteiger partial charge in [-0.3, -0.25) is 4.79 Å². The Bertz CT molecular complexity index is 438. The van der Waals surface area contributed by atoms with Crippen LogP contribution in [0, 0.1) is 5.41 Å². The predicted octanol–water partition coefficient (Wildman–Crippen LogP) is 4.14. The second-order valence-electron chi connectivity index (χ2n) is 5.12. The monoisotopic (exact) mass is 294 g/mol. The fourth-order valence-electron chi connectivity index (χ4n) is 2.45. The molecule has 0 spiro atoms. The summed E-state index contributed by atoms with van der Waals surface area (Å²) in [5.74, 6) is 0.742. The topological polar surface area (TPSA) is 55.8 Å². The first kappa shape index (κ1) is 17.3. The summed E-state index contributed by atoms with van der Waals surface area (Å²) in [5, 5.41) is 9.39. The van der Waals surface area contributed by atoms with Crippen molar-refractivity contribution in [1.82, 2.24) is 0 Å². The highest BCUT2D eigenvalue weighted by Crippen LogP contribution is 2.33. The van der Waals surface area contributed by atoms with Gasteiger partial charge in [-0.1, -0.05) is 26.0 Å². The highest BCUT2D eigenvalue weighted by molar-refractivity contribution is 5.74. The number of hydrogen-bond acceptors (Lipinski definition) is 3. The summed E-state index contributed by atoms with van der Waals surface area (Å²) in [6.07, 6.45) is 2.64. The van der Waals surface area contributed by atoms with Crippen LogP contribution in [0.5, 0.6) is 11.5 Å². The summed E-state index contributed by atoms with van der Waals surface area (Å²) in [4.78, 5) is 11.4. The molecule has 0 atom stereocenters. The van der Waals surface area contributed by atoms with Crippen LogP contribution in [-0.2, 0) is 4.79 Å². The number of rotatable bonds is 10. The summed E-state index contributed by atoms with van der Waals surface area (Å²) in [5.41, 5.74) is -0.622. The molecule has 21 heavy (non-hydrogen) atoms. The van der Waals surface area contributed by atoms with Crippen molar-refractivity contribution in [3.05, 3.63) is 24.3 Å². The Labute approximate surface area is 127 Å². The average Bonchev–Trinajstić information content (AvgIpc) is 2.49. The molecule has 4 nitrogen and oxygen atoms in total. The van der Waals surface area contributed by atoms with Crippen LogP contribution in [0.1, 0.15) is 46.5 Å². The Morgan fingerprint density at radius 3 is 2.14 bits per heavy atom. The van der Waals surface area contributed by atoms with Crippen LogP contribution in [0.2, 0.25) is 0 Å². The average molecular weight is 294 g/mol. The van der Waals surface area contributed by atoms with Gasteiger partial charge >= 0.3 is 5.97 Å². The number of benzene rings is 1. The molecule has 0 unspecified atom stereocenters. The number of carbonyl (C=O) groups is 1. The van der Waals surface area contributed by atoms with Crippen LogP contribution >= 0.6 is 0 Å². The van der Waals surface area contributed by atoms with Gasteiger partial charge in [0, 0.05) is 0 Å². The largest absolute Gasteiger partial charge is 0.490 e. The van der Waals surface area contributed by atoms with Gasteiger partial charge in [0.15, 0.2) is 11.5 Å². The zero-order chi connectivity index (χ0) is 15.7. The Morgan fingerprint density at radius 2 is 1.67 bits per heavy atom. The number of carboxylic acid groups (broad SMARTS) is 1. The van der Waals surface area contributed by atoms with Gasteiger partial charge in [0.1, 0.15) is 0 Å². The molecule has 1 N–H and O–H groups in total. The lowest BCUT2D eigenvalue weighted by molar-refractivity contribution is -0.150. The van der Waals surface area contributed by atoms with E-state index in [9.17, 15) is 9.90 Å².